The molecule has 3 rings (SSSR count). The Morgan fingerprint density at radius 1 is 1.12 bits per heavy atom. The third-order valence-corrected chi connectivity index (χ3v) is 4.21. The van der Waals surface area contributed by atoms with Crippen molar-refractivity contribution in [1.82, 2.24) is 19.7 Å². The lowest BCUT2D eigenvalue weighted by molar-refractivity contribution is 0.0945. The summed E-state index contributed by atoms with van der Waals surface area (Å²) in [5, 5.41) is 7.69. The number of nitrogens with one attached hydrogen (secondary N) is 1. The van der Waals surface area contributed by atoms with Crippen molar-refractivity contribution in [1.29, 1.82) is 0 Å². The van der Waals surface area contributed by atoms with Crippen LogP contribution in [0.25, 0.3) is 17.1 Å². The van der Waals surface area contributed by atoms with Gasteiger partial charge in [0.1, 0.15) is 11.4 Å². The lowest BCUT2D eigenvalue weighted by atomic mass is 10.2. The summed E-state index contributed by atoms with van der Waals surface area (Å²) in [6.07, 6.45) is 5.22. The number of hydrogen-bond acceptors (Lipinski definition) is 2. The Morgan fingerprint density at radius 3 is 2.60 bits per heavy atom. The van der Waals surface area contributed by atoms with Gasteiger partial charge in [-0.2, -0.15) is 5.10 Å². The molecule has 1 N–H and O–H groups in total. The monoisotopic (exact) mass is 336 g/mol. The van der Waals surface area contributed by atoms with Crippen molar-refractivity contribution in [3.63, 3.8) is 0 Å². The van der Waals surface area contributed by atoms with E-state index in [1.54, 1.807) is 4.68 Å². The molecule has 0 unspecified atom stereocenters. The molecule has 1 amide bonds. The van der Waals surface area contributed by atoms with Gasteiger partial charge in [-0.15, -0.1) is 0 Å². The van der Waals surface area contributed by atoms with E-state index >= 15 is 0 Å². The number of aryl methyl sites for hydroxylation is 1. The molecule has 130 valence electrons. The van der Waals surface area contributed by atoms with Gasteiger partial charge in [0, 0.05) is 19.8 Å². The number of carbonyl (C=O) groups excluding carboxylic acids is 1. The van der Waals surface area contributed by atoms with Crippen LogP contribution in [0.1, 0.15) is 36.7 Å². The van der Waals surface area contributed by atoms with Crippen molar-refractivity contribution < 1.29 is 4.79 Å². The van der Waals surface area contributed by atoms with Gasteiger partial charge in [-0.3, -0.25) is 4.79 Å². The maximum absolute atomic E-state index is 12.7. The Bertz CT molecular complexity index is 833. The molecule has 0 bridgehead atoms. The van der Waals surface area contributed by atoms with E-state index in [1.807, 2.05) is 66.3 Å². The number of rotatable bonds is 7. The molecule has 2 aromatic heterocycles. The average Bonchev–Trinajstić information content (AvgIpc) is 3.25. The van der Waals surface area contributed by atoms with Gasteiger partial charge in [-0.1, -0.05) is 38.0 Å². The summed E-state index contributed by atoms with van der Waals surface area (Å²) in [7, 11) is 1.97. The largest absolute Gasteiger partial charge is 0.351 e. The fraction of sp³-hybridized carbons (Fsp3) is 0.300. The second-order valence-electron chi connectivity index (χ2n) is 6.13. The molecular weight excluding hydrogens is 312 g/mol. The van der Waals surface area contributed by atoms with E-state index in [4.69, 9.17) is 0 Å². The van der Waals surface area contributed by atoms with Crippen molar-refractivity contribution in [2.45, 2.75) is 26.2 Å². The van der Waals surface area contributed by atoms with E-state index in [1.165, 1.54) is 0 Å². The highest BCUT2D eigenvalue weighted by atomic mass is 16.2. The molecular formula is C20H24N4O. The van der Waals surface area contributed by atoms with Crippen LogP contribution < -0.4 is 5.32 Å². The topological polar surface area (TPSA) is 51.9 Å². The van der Waals surface area contributed by atoms with Gasteiger partial charge in [-0.25, -0.2) is 4.68 Å². The fourth-order valence-corrected chi connectivity index (χ4v) is 2.83. The first-order valence-electron chi connectivity index (χ1n) is 8.76. The quantitative estimate of drug-likeness (QED) is 0.667. The van der Waals surface area contributed by atoms with E-state index in [0.717, 1.165) is 36.3 Å². The van der Waals surface area contributed by atoms with Gasteiger partial charge >= 0.3 is 0 Å². The molecule has 0 atom stereocenters. The minimum absolute atomic E-state index is 0.0899. The molecule has 2 heterocycles. The van der Waals surface area contributed by atoms with Crippen molar-refractivity contribution in [2.75, 3.05) is 6.54 Å². The summed E-state index contributed by atoms with van der Waals surface area (Å²) in [6.45, 7) is 2.84. The van der Waals surface area contributed by atoms with Crippen molar-refractivity contribution in [2.24, 2.45) is 7.05 Å². The van der Waals surface area contributed by atoms with E-state index < -0.39 is 0 Å². The third kappa shape index (κ3) is 3.82. The van der Waals surface area contributed by atoms with Crippen molar-refractivity contribution in [3.8, 4) is 17.1 Å². The van der Waals surface area contributed by atoms with Crippen LogP contribution in [0.4, 0.5) is 0 Å². The molecule has 0 aliphatic rings. The van der Waals surface area contributed by atoms with Crippen LogP contribution in [0.15, 0.2) is 54.7 Å². The summed E-state index contributed by atoms with van der Waals surface area (Å²) in [5.41, 5.74) is 3.20. The van der Waals surface area contributed by atoms with E-state index in [2.05, 4.69) is 17.3 Å². The molecule has 3 aromatic rings. The van der Waals surface area contributed by atoms with Crippen molar-refractivity contribution in [3.05, 3.63) is 60.4 Å². The Kier molecular flexibility index (Phi) is 5.33. The van der Waals surface area contributed by atoms with Gasteiger partial charge in [0.2, 0.25) is 0 Å². The fourth-order valence-electron chi connectivity index (χ4n) is 2.83. The predicted octanol–water partition coefficient (Wildman–Crippen LogP) is 3.80. The van der Waals surface area contributed by atoms with Crippen LogP contribution >= 0.6 is 0 Å². The smallest absolute Gasteiger partial charge is 0.270 e. The molecule has 5 nitrogen and oxygen atoms in total. The number of para-hydroxylation sites is 1. The summed E-state index contributed by atoms with van der Waals surface area (Å²) in [4.78, 5) is 12.7. The number of carbonyl (C=O) groups is 1. The van der Waals surface area contributed by atoms with Crippen molar-refractivity contribution >= 4 is 5.91 Å². The molecule has 0 radical (unpaired) electrons. The number of hydrogen-bond donors (Lipinski definition) is 1. The molecule has 0 fully saturated rings. The summed E-state index contributed by atoms with van der Waals surface area (Å²) < 4.78 is 3.72. The second-order valence-corrected chi connectivity index (χ2v) is 6.13. The number of nitrogens with zero attached hydrogens (tertiary/aromatic N) is 3. The molecule has 1 aromatic carbocycles. The molecule has 5 heteroatoms. The molecule has 0 aliphatic heterocycles. The maximum Gasteiger partial charge on any atom is 0.270 e. The highest BCUT2D eigenvalue weighted by Gasteiger charge is 2.18. The van der Waals surface area contributed by atoms with Gasteiger partial charge in [0.05, 0.1) is 11.4 Å². The lowest BCUT2D eigenvalue weighted by Gasteiger charge is -2.08. The zero-order valence-electron chi connectivity index (χ0n) is 14.8. The van der Waals surface area contributed by atoms with E-state index in [9.17, 15) is 4.79 Å². The zero-order valence-corrected chi connectivity index (χ0v) is 14.8. The Morgan fingerprint density at radius 2 is 1.92 bits per heavy atom. The van der Waals surface area contributed by atoms with Gasteiger partial charge in [0.15, 0.2) is 0 Å². The first-order valence-corrected chi connectivity index (χ1v) is 8.76. The minimum atomic E-state index is -0.0899. The van der Waals surface area contributed by atoms with E-state index in [-0.39, 0.29) is 5.91 Å². The normalized spacial score (nSPS) is 10.8. The van der Waals surface area contributed by atoms with E-state index in [0.29, 0.717) is 12.2 Å². The standard InChI is InChI=1S/C20H24N4O/c1-3-4-8-13-21-20(25)19-15-17(18-12-9-14-23(18)2)22-24(19)16-10-6-5-7-11-16/h5-7,9-12,14-15H,3-4,8,13H2,1-2H3,(H,21,25). The number of aromatic nitrogens is 3. The Hall–Kier alpha value is -2.82. The molecule has 0 aliphatic carbocycles. The number of benzene rings is 1. The second kappa shape index (κ2) is 7.83. The predicted molar refractivity (Wildman–Crippen MR) is 99.8 cm³/mol. The summed E-state index contributed by atoms with van der Waals surface area (Å²) in [5.74, 6) is -0.0899. The highest BCUT2D eigenvalue weighted by molar-refractivity contribution is 5.94. The number of amides is 1. The van der Waals surface area contributed by atoms with Crippen LogP contribution in [-0.2, 0) is 7.05 Å². The van der Waals surface area contributed by atoms with Crippen LogP contribution in [0.3, 0.4) is 0 Å². The van der Waals surface area contributed by atoms with Crippen LogP contribution in [-0.4, -0.2) is 26.8 Å². The molecule has 0 spiro atoms. The SMILES string of the molecule is CCCCCNC(=O)c1cc(-c2cccn2C)nn1-c1ccccc1. The third-order valence-electron chi connectivity index (χ3n) is 4.21. The van der Waals surface area contributed by atoms with Crippen LogP contribution in [0, 0.1) is 0 Å². The first kappa shape index (κ1) is 17.0. The van der Waals surface area contributed by atoms with Gasteiger partial charge < -0.3 is 9.88 Å². The summed E-state index contributed by atoms with van der Waals surface area (Å²) in [6, 6.07) is 15.6. The lowest BCUT2D eigenvalue weighted by Crippen LogP contribution is -2.26. The van der Waals surface area contributed by atoms with Gasteiger partial charge in [0.25, 0.3) is 5.91 Å². The van der Waals surface area contributed by atoms with Crippen LogP contribution in [0.5, 0.6) is 0 Å². The zero-order chi connectivity index (χ0) is 17.6. The van der Waals surface area contributed by atoms with Crippen LogP contribution in [0.2, 0.25) is 0 Å². The average molecular weight is 336 g/mol. The maximum atomic E-state index is 12.7. The molecule has 0 saturated carbocycles. The molecule has 0 saturated heterocycles. The Balaban J connectivity index is 1.93. The summed E-state index contributed by atoms with van der Waals surface area (Å²) >= 11 is 0. The highest BCUT2D eigenvalue weighted by Crippen LogP contribution is 2.22. The number of unbranched alkanes of at least 4 members (excludes halogenated alkanes) is 2. The Labute approximate surface area is 148 Å². The van der Waals surface area contributed by atoms with Gasteiger partial charge in [-0.05, 0) is 36.8 Å². The minimum Gasteiger partial charge on any atom is -0.351 e. The first-order chi connectivity index (χ1) is 12.2. The molecule has 25 heavy (non-hydrogen) atoms.